The van der Waals surface area contributed by atoms with Crippen molar-refractivity contribution in [2.75, 3.05) is 4.90 Å². The molecule has 30 heavy (non-hydrogen) atoms. The molecule has 0 unspecified atom stereocenters. The molecule has 0 fully saturated rings. The largest absolute Gasteiger partial charge is 0.277 e. The molecule has 144 valence electrons. The monoisotopic (exact) mass is 387 g/mol. The lowest BCUT2D eigenvalue weighted by atomic mass is 9.35. The van der Waals surface area contributed by atoms with Crippen molar-refractivity contribution in [3.8, 4) is 0 Å². The van der Waals surface area contributed by atoms with Crippen molar-refractivity contribution < 1.29 is 4.79 Å². The lowest BCUT2D eigenvalue weighted by molar-refractivity contribution is 0.100. The standard InChI is InChI=1S/C27H22BNO/c1-27(2,3)18-12-14-19(15-13-18)28-21-9-4-5-10-23(21)29-25-22(28)16-11-17-7-6-8-20(24(17)25)26(29)30/h4-16H,1-3H3. The van der Waals surface area contributed by atoms with E-state index in [9.17, 15) is 4.79 Å². The molecule has 0 spiro atoms. The highest BCUT2D eigenvalue weighted by Gasteiger charge is 2.42. The summed E-state index contributed by atoms with van der Waals surface area (Å²) in [6, 6.07) is 27.8. The van der Waals surface area contributed by atoms with E-state index in [2.05, 4.69) is 81.4 Å². The van der Waals surface area contributed by atoms with Crippen molar-refractivity contribution in [2.45, 2.75) is 26.2 Å². The van der Waals surface area contributed by atoms with E-state index in [0.29, 0.717) is 0 Å². The molecule has 2 aliphatic heterocycles. The molecule has 4 aromatic carbocycles. The van der Waals surface area contributed by atoms with Gasteiger partial charge in [0.05, 0.1) is 11.3 Å². The third-order valence-electron chi connectivity index (χ3n) is 6.62. The number of fused-ring (bicyclic) bond motifs is 2. The van der Waals surface area contributed by atoms with Gasteiger partial charge in [-0.2, -0.15) is 0 Å². The highest BCUT2D eigenvalue weighted by molar-refractivity contribution is 6.98. The van der Waals surface area contributed by atoms with Crippen LogP contribution in [0.2, 0.25) is 0 Å². The Labute approximate surface area is 177 Å². The molecule has 6 rings (SSSR count). The van der Waals surface area contributed by atoms with Crippen molar-refractivity contribution in [2.24, 2.45) is 0 Å². The summed E-state index contributed by atoms with van der Waals surface area (Å²) in [5.74, 6) is 0.0806. The molecule has 2 aliphatic rings. The number of para-hydroxylation sites is 1. The van der Waals surface area contributed by atoms with Crippen molar-refractivity contribution >= 4 is 51.2 Å². The van der Waals surface area contributed by atoms with Crippen LogP contribution in [-0.4, -0.2) is 12.6 Å². The Balaban J connectivity index is 1.64. The van der Waals surface area contributed by atoms with Crippen molar-refractivity contribution in [1.29, 1.82) is 0 Å². The SMILES string of the molecule is CC(C)(C)c1ccc(B2c3ccccc3N3C(=O)c4cccc5ccc2c3c45)cc1. The molecule has 4 aromatic rings. The first-order valence-corrected chi connectivity index (χ1v) is 10.5. The number of benzene rings is 4. The van der Waals surface area contributed by atoms with Gasteiger partial charge in [-0.25, -0.2) is 0 Å². The van der Waals surface area contributed by atoms with Gasteiger partial charge in [0.2, 0.25) is 6.71 Å². The van der Waals surface area contributed by atoms with Gasteiger partial charge in [0.1, 0.15) is 0 Å². The molecule has 1 amide bonds. The predicted molar refractivity (Wildman–Crippen MR) is 127 cm³/mol. The van der Waals surface area contributed by atoms with Crippen LogP contribution >= 0.6 is 0 Å². The molecular weight excluding hydrogens is 365 g/mol. The average molecular weight is 387 g/mol. The number of amides is 1. The number of nitrogens with zero attached hydrogens (tertiary/aromatic N) is 1. The number of carbonyl (C=O) groups excluding carboxylic acids is 1. The van der Waals surface area contributed by atoms with E-state index >= 15 is 0 Å². The first kappa shape index (κ1) is 17.5. The molecule has 0 aliphatic carbocycles. The lowest BCUT2D eigenvalue weighted by Crippen LogP contribution is -2.57. The van der Waals surface area contributed by atoms with Gasteiger partial charge in [-0.05, 0) is 39.4 Å². The normalized spacial score (nSPS) is 14.4. The average Bonchev–Trinajstić information content (AvgIpc) is 3.05. The minimum Gasteiger partial charge on any atom is -0.277 e. The fourth-order valence-electron chi connectivity index (χ4n) is 5.12. The maximum atomic E-state index is 13.4. The summed E-state index contributed by atoms with van der Waals surface area (Å²) in [5.41, 5.74) is 8.00. The Kier molecular flexibility index (Phi) is 3.42. The second-order valence-corrected chi connectivity index (χ2v) is 9.41. The van der Waals surface area contributed by atoms with E-state index < -0.39 is 0 Å². The molecule has 0 saturated carbocycles. The minimum atomic E-state index is 0.0806. The fraction of sp³-hybridized carbons (Fsp3) is 0.148. The Morgan fingerprint density at radius 1 is 0.767 bits per heavy atom. The van der Waals surface area contributed by atoms with Gasteiger partial charge >= 0.3 is 0 Å². The summed E-state index contributed by atoms with van der Waals surface area (Å²) in [6.07, 6.45) is 0. The number of hydrogen-bond acceptors (Lipinski definition) is 1. The molecule has 2 heterocycles. The van der Waals surface area contributed by atoms with Crippen molar-refractivity contribution in [1.82, 2.24) is 0 Å². The predicted octanol–water partition coefficient (Wildman–Crippen LogP) is 4.26. The van der Waals surface area contributed by atoms with Gasteiger partial charge in [-0.1, -0.05) is 93.0 Å². The van der Waals surface area contributed by atoms with Crippen LogP contribution in [0.15, 0.2) is 78.9 Å². The third-order valence-corrected chi connectivity index (χ3v) is 6.62. The third kappa shape index (κ3) is 2.23. The van der Waals surface area contributed by atoms with Gasteiger partial charge in [-0.15, -0.1) is 0 Å². The minimum absolute atomic E-state index is 0.0806. The second kappa shape index (κ2) is 5.85. The molecule has 0 aromatic heterocycles. The number of rotatable bonds is 1. The van der Waals surface area contributed by atoms with Crippen LogP contribution in [-0.2, 0) is 5.41 Å². The topological polar surface area (TPSA) is 20.3 Å². The molecule has 0 atom stereocenters. The summed E-state index contributed by atoms with van der Waals surface area (Å²) in [4.78, 5) is 15.3. The van der Waals surface area contributed by atoms with Crippen LogP contribution in [0.25, 0.3) is 10.8 Å². The van der Waals surface area contributed by atoms with E-state index in [1.807, 2.05) is 23.1 Å². The zero-order chi connectivity index (χ0) is 20.6. The van der Waals surface area contributed by atoms with Crippen LogP contribution in [0.5, 0.6) is 0 Å². The molecule has 2 nitrogen and oxygen atoms in total. The molecule has 0 radical (unpaired) electrons. The van der Waals surface area contributed by atoms with E-state index in [1.54, 1.807) is 0 Å². The molecular formula is C27H22BNO. The Morgan fingerprint density at radius 3 is 2.30 bits per heavy atom. The van der Waals surface area contributed by atoms with Gasteiger partial charge in [0.15, 0.2) is 0 Å². The van der Waals surface area contributed by atoms with Crippen molar-refractivity contribution in [3.63, 3.8) is 0 Å². The molecule has 3 heteroatoms. The van der Waals surface area contributed by atoms with E-state index in [-0.39, 0.29) is 18.0 Å². The van der Waals surface area contributed by atoms with Crippen molar-refractivity contribution in [3.05, 3.63) is 90.0 Å². The second-order valence-electron chi connectivity index (χ2n) is 9.41. The molecule has 0 N–H and O–H groups in total. The van der Waals surface area contributed by atoms with Gasteiger partial charge in [0, 0.05) is 11.1 Å². The Hall–Kier alpha value is -3.33. The molecule has 0 bridgehead atoms. The van der Waals surface area contributed by atoms with Crippen LogP contribution < -0.4 is 21.3 Å². The van der Waals surface area contributed by atoms with Crippen LogP contribution in [0.4, 0.5) is 11.4 Å². The smallest absolute Gasteiger partial charge is 0.263 e. The zero-order valence-corrected chi connectivity index (χ0v) is 17.4. The van der Waals surface area contributed by atoms with Crippen LogP contribution in [0, 0.1) is 0 Å². The number of hydrogen-bond donors (Lipinski definition) is 0. The summed E-state index contributed by atoms with van der Waals surface area (Å²) in [7, 11) is 0. The Morgan fingerprint density at radius 2 is 1.53 bits per heavy atom. The fourth-order valence-corrected chi connectivity index (χ4v) is 5.12. The lowest BCUT2D eigenvalue weighted by Gasteiger charge is -2.33. The highest BCUT2D eigenvalue weighted by atomic mass is 16.2. The first-order valence-electron chi connectivity index (χ1n) is 10.5. The van der Waals surface area contributed by atoms with E-state index in [0.717, 1.165) is 27.7 Å². The Bertz CT molecular complexity index is 1350. The summed E-state index contributed by atoms with van der Waals surface area (Å²) in [6.45, 7) is 6.84. The maximum absolute atomic E-state index is 13.4. The van der Waals surface area contributed by atoms with Gasteiger partial charge < -0.3 is 0 Å². The van der Waals surface area contributed by atoms with E-state index in [4.69, 9.17) is 0 Å². The number of carbonyl (C=O) groups is 1. The summed E-state index contributed by atoms with van der Waals surface area (Å²) >= 11 is 0. The van der Waals surface area contributed by atoms with E-state index in [1.165, 1.54) is 22.0 Å². The summed E-state index contributed by atoms with van der Waals surface area (Å²) in [5, 5.41) is 2.22. The first-order chi connectivity index (χ1) is 14.4. The zero-order valence-electron chi connectivity index (χ0n) is 17.4. The van der Waals surface area contributed by atoms with Crippen LogP contribution in [0.3, 0.4) is 0 Å². The highest BCUT2D eigenvalue weighted by Crippen LogP contribution is 2.42. The number of anilines is 2. The van der Waals surface area contributed by atoms with Gasteiger partial charge in [-0.3, -0.25) is 9.69 Å². The maximum Gasteiger partial charge on any atom is 0.263 e. The van der Waals surface area contributed by atoms with Gasteiger partial charge in [0.25, 0.3) is 5.91 Å². The quantitative estimate of drug-likeness (QED) is 0.447. The summed E-state index contributed by atoms with van der Waals surface area (Å²) < 4.78 is 0. The van der Waals surface area contributed by atoms with Crippen LogP contribution in [0.1, 0.15) is 36.7 Å². The molecule has 0 saturated heterocycles.